The topological polar surface area (TPSA) is 62.6 Å². The first-order chi connectivity index (χ1) is 15.0. The highest BCUT2D eigenvalue weighted by Crippen LogP contribution is 2.27. The van der Waals surface area contributed by atoms with Crippen molar-refractivity contribution >= 4 is 28.2 Å². The summed E-state index contributed by atoms with van der Waals surface area (Å²) in [5.74, 6) is 0.225. The molecule has 0 aliphatic rings. The number of thiophene rings is 1. The van der Waals surface area contributed by atoms with E-state index in [1.807, 2.05) is 55.9 Å². The van der Waals surface area contributed by atoms with Gasteiger partial charge in [0.05, 0.1) is 17.0 Å². The van der Waals surface area contributed by atoms with Gasteiger partial charge in [-0.2, -0.15) is 0 Å². The predicted molar refractivity (Wildman–Crippen MR) is 126 cm³/mol. The van der Waals surface area contributed by atoms with Crippen LogP contribution in [0.2, 0.25) is 0 Å². The van der Waals surface area contributed by atoms with Gasteiger partial charge in [-0.1, -0.05) is 42.5 Å². The van der Waals surface area contributed by atoms with Gasteiger partial charge in [0.1, 0.15) is 5.76 Å². The van der Waals surface area contributed by atoms with Gasteiger partial charge < -0.3 is 14.6 Å². The summed E-state index contributed by atoms with van der Waals surface area (Å²) in [6, 6.07) is 18.7. The average molecular weight is 433 g/mol. The lowest BCUT2D eigenvalue weighted by atomic mass is 10.0. The number of nitrogens with zero attached hydrogens (tertiary/aromatic N) is 1. The molecular weight excluding hydrogens is 408 g/mol. The van der Waals surface area contributed by atoms with Crippen LogP contribution in [0.5, 0.6) is 0 Å². The standard InChI is InChI=1S/C25H24N2O3S/c1-16-22(28)18-11-7-12-19(24(18)30-23(16)17-9-5-4-6-10-17)25(29)26-15-20(27(2)3)21-13-8-14-31-21/h4-14,20H,15H2,1-3H3,(H,26,29). The number of likely N-dealkylation sites (N-methyl/N-ethyl adjacent to an activating group) is 1. The molecule has 4 aromatic rings. The summed E-state index contributed by atoms with van der Waals surface area (Å²) in [5, 5.41) is 5.46. The summed E-state index contributed by atoms with van der Waals surface area (Å²) >= 11 is 1.66. The van der Waals surface area contributed by atoms with Crippen molar-refractivity contribution in [2.24, 2.45) is 0 Å². The second kappa shape index (κ2) is 8.88. The number of fused-ring (bicyclic) bond motifs is 1. The van der Waals surface area contributed by atoms with E-state index in [0.29, 0.717) is 34.4 Å². The molecule has 0 saturated carbocycles. The number of nitrogens with one attached hydrogen (secondary N) is 1. The van der Waals surface area contributed by atoms with E-state index in [4.69, 9.17) is 4.42 Å². The van der Waals surface area contributed by atoms with Crippen LogP contribution in [-0.2, 0) is 0 Å². The molecule has 0 spiro atoms. The summed E-state index contributed by atoms with van der Waals surface area (Å²) in [4.78, 5) is 29.4. The smallest absolute Gasteiger partial charge is 0.255 e. The predicted octanol–water partition coefficient (Wildman–Crippen LogP) is 4.86. The second-order valence-electron chi connectivity index (χ2n) is 7.64. The van der Waals surface area contributed by atoms with Crippen LogP contribution in [-0.4, -0.2) is 31.4 Å². The van der Waals surface area contributed by atoms with E-state index in [2.05, 4.69) is 16.3 Å². The highest BCUT2D eigenvalue weighted by Gasteiger charge is 2.20. The number of hydrogen-bond acceptors (Lipinski definition) is 5. The normalized spacial score (nSPS) is 12.3. The maximum Gasteiger partial charge on any atom is 0.255 e. The first-order valence-corrected chi connectivity index (χ1v) is 10.9. The molecule has 4 rings (SSSR count). The monoisotopic (exact) mass is 432 g/mol. The minimum atomic E-state index is -0.264. The molecule has 0 aliphatic heterocycles. The summed E-state index contributed by atoms with van der Waals surface area (Å²) in [6.07, 6.45) is 0. The second-order valence-corrected chi connectivity index (χ2v) is 8.62. The van der Waals surface area contributed by atoms with Crippen LogP contribution in [0, 0.1) is 6.92 Å². The van der Waals surface area contributed by atoms with E-state index >= 15 is 0 Å². The Kier molecular flexibility index (Phi) is 6.02. The van der Waals surface area contributed by atoms with E-state index in [9.17, 15) is 9.59 Å². The third kappa shape index (κ3) is 4.17. The van der Waals surface area contributed by atoms with Crippen molar-refractivity contribution in [3.05, 3.63) is 92.3 Å². The van der Waals surface area contributed by atoms with Gasteiger partial charge >= 0.3 is 0 Å². The molecule has 0 aliphatic carbocycles. The summed E-state index contributed by atoms with van der Waals surface area (Å²) in [7, 11) is 3.98. The fourth-order valence-corrected chi connectivity index (χ4v) is 4.58. The molecule has 1 atom stereocenters. The molecule has 1 amide bonds. The number of amides is 1. The van der Waals surface area contributed by atoms with Crippen molar-refractivity contribution in [3.63, 3.8) is 0 Å². The average Bonchev–Trinajstić information content (AvgIpc) is 3.30. The van der Waals surface area contributed by atoms with Crippen LogP contribution in [0.3, 0.4) is 0 Å². The molecule has 0 fully saturated rings. The van der Waals surface area contributed by atoms with Crippen LogP contribution >= 0.6 is 11.3 Å². The molecule has 31 heavy (non-hydrogen) atoms. The Bertz CT molecular complexity index is 1260. The Hall–Kier alpha value is -3.22. The molecule has 1 unspecified atom stereocenters. The first-order valence-electron chi connectivity index (χ1n) is 10.1. The fraction of sp³-hybridized carbons (Fsp3) is 0.200. The van der Waals surface area contributed by atoms with E-state index in [1.54, 1.807) is 36.5 Å². The van der Waals surface area contributed by atoms with Crippen LogP contribution < -0.4 is 10.7 Å². The number of benzene rings is 2. The van der Waals surface area contributed by atoms with Gasteiger partial charge in [-0.3, -0.25) is 9.59 Å². The number of carbonyl (C=O) groups excluding carboxylic acids is 1. The van der Waals surface area contributed by atoms with E-state index < -0.39 is 0 Å². The Balaban J connectivity index is 1.71. The Labute approximate surface area is 184 Å². The van der Waals surface area contributed by atoms with Crippen LogP contribution in [0.25, 0.3) is 22.3 Å². The van der Waals surface area contributed by atoms with Crippen molar-refractivity contribution in [1.82, 2.24) is 10.2 Å². The zero-order valence-corrected chi connectivity index (χ0v) is 18.5. The van der Waals surface area contributed by atoms with Gasteiger partial charge in [0.25, 0.3) is 5.91 Å². The first kappa shape index (κ1) is 21.0. The van der Waals surface area contributed by atoms with Crippen LogP contribution in [0.4, 0.5) is 0 Å². The molecule has 0 bridgehead atoms. The van der Waals surface area contributed by atoms with Crippen molar-refractivity contribution in [2.75, 3.05) is 20.6 Å². The highest BCUT2D eigenvalue weighted by molar-refractivity contribution is 7.10. The number of para-hydroxylation sites is 1. The Morgan fingerprint density at radius 2 is 1.84 bits per heavy atom. The quantitative estimate of drug-likeness (QED) is 0.473. The summed E-state index contributed by atoms with van der Waals surface area (Å²) in [5.41, 5.74) is 1.88. The molecule has 0 radical (unpaired) electrons. The minimum Gasteiger partial charge on any atom is -0.455 e. The van der Waals surface area contributed by atoms with Crippen LogP contribution in [0.1, 0.15) is 26.8 Å². The summed E-state index contributed by atoms with van der Waals surface area (Å²) in [6.45, 7) is 2.20. The lowest BCUT2D eigenvalue weighted by molar-refractivity contribution is 0.0943. The van der Waals surface area contributed by atoms with Crippen molar-refractivity contribution in [2.45, 2.75) is 13.0 Å². The molecular formula is C25H24N2O3S. The number of carbonyl (C=O) groups is 1. The van der Waals surface area contributed by atoms with Crippen molar-refractivity contribution in [1.29, 1.82) is 0 Å². The maximum atomic E-state index is 13.1. The Morgan fingerprint density at radius 1 is 1.06 bits per heavy atom. The van der Waals surface area contributed by atoms with Gasteiger partial charge in [-0.25, -0.2) is 0 Å². The Morgan fingerprint density at radius 3 is 2.52 bits per heavy atom. The van der Waals surface area contributed by atoms with Gasteiger partial charge in [0, 0.05) is 22.5 Å². The maximum absolute atomic E-state index is 13.1. The zero-order valence-electron chi connectivity index (χ0n) is 17.7. The van der Waals surface area contributed by atoms with E-state index in [-0.39, 0.29) is 17.4 Å². The minimum absolute atomic E-state index is 0.0630. The third-order valence-corrected chi connectivity index (χ3v) is 6.35. The number of hydrogen-bond donors (Lipinski definition) is 1. The van der Waals surface area contributed by atoms with Crippen molar-refractivity contribution in [3.8, 4) is 11.3 Å². The SMILES string of the molecule is Cc1c(-c2ccccc2)oc2c(C(=O)NCC(c3cccs3)N(C)C)cccc2c1=O. The third-order valence-electron chi connectivity index (χ3n) is 5.38. The molecule has 2 aromatic heterocycles. The summed E-state index contributed by atoms with van der Waals surface area (Å²) < 4.78 is 6.17. The molecule has 6 heteroatoms. The van der Waals surface area contributed by atoms with E-state index in [1.165, 1.54) is 4.88 Å². The fourth-order valence-electron chi connectivity index (χ4n) is 3.66. The number of rotatable bonds is 6. The molecule has 5 nitrogen and oxygen atoms in total. The molecule has 2 heterocycles. The molecule has 0 saturated heterocycles. The lowest BCUT2D eigenvalue weighted by Crippen LogP contribution is -2.34. The molecule has 2 aromatic carbocycles. The molecule has 1 N–H and O–H groups in total. The largest absolute Gasteiger partial charge is 0.455 e. The van der Waals surface area contributed by atoms with Crippen molar-refractivity contribution < 1.29 is 9.21 Å². The van der Waals surface area contributed by atoms with Crippen LogP contribution in [0.15, 0.2) is 75.3 Å². The van der Waals surface area contributed by atoms with E-state index in [0.717, 1.165) is 5.56 Å². The highest BCUT2D eigenvalue weighted by atomic mass is 32.1. The van der Waals surface area contributed by atoms with Gasteiger partial charge in [-0.15, -0.1) is 11.3 Å². The van der Waals surface area contributed by atoms with Gasteiger partial charge in [-0.05, 0) is 44.6 Å². The lowest BCUT2D eigenvalue weighted by Gasteiger charge is -2.23. The van der Waals surface area contributed by atoms with Gasteiger partial charge in [0.2, 0.25) is 0 Å². The zero-order chi connectivity index (χ0) is 22.0. The molecule has 158 valence electrons. The van der Waals surface area contributed by atoms with Gasteiger partial charge in [0.15, 0.2) is 11.0 Å².